The van der Waals surface area contributed by atoms with Gasteiger partial charge in [-0.1, -0.05) is 23.7 Å². The molecule has 0 fully saturated rings. The Balaban J connectivity index is 2.64. The largest absolute Gasteiger partial charge is 0.478 e. The van der Waals surface area contributed by atoms with Gasteiger partial charge in [0, 0.05) is 30.3 Å². The van der Waals surface area contributed by atoms with Gasteiger partial charge in [0.05, 0.1) is 10.5 Å². The Morgan fingerprint density at radius 1 is 1.50 bits per heavy atom. The van der Waals surface area contributed by atoms with Crippen molar-refractivity contribution in [3.8, 4) is 0 Å². The van der Waals surface area contributed by atoms with Crippen LogP contribution >= 0.6 is 11.6 Å². The van der Waals surface area contributed by atoms with Crippen molar-refractivity contribution in [3.63, 3.8) is 0 Å². The fraction of sp³-hybridized carbons (Fsp3) is 0.0833. The molecule has 2 rings (SSSR count). The highest BCUT2D eigenvalue weighted by atomic mass is 35.5. The lowest BCUT2D eigenvalue weighted by atomic mass is 10.1. The molecular formula is C12H10ClNO2. The molecule has 82 valence electrons. The summed E-state index contributed by atoms with van der Waals surface area (Å²) < 4.78 is 1.89. The van der Waals surface area contributed by atoms with Crippen LogP contribution < -0.4 is 0 Å². The lowest BCUT2D eigenvalue weighted by Crippen LogP contribution is -1.85. The van der Waals surface area contributed by atoms with Gasteiger partial charge in [0.25, 0.3) is 0 Å². The van der Waals surface area contributed by atoms with Crippen molar-refractivity contribution in [2.24, 2.45) is 7.05 Å². The first-order valence-corrected chi connectivity index (χ1v) is 5.12. The maximum Gasteiger partial charge on any atom is 0.328 e. The fourth-order valence-electron chi connectivity index (χ4n) is 1.74. The monoisotopic (exact) mass is 235 g/mol. The number of aliphatic carboxylic acids is 1. The summed E-state index contributed by atoms with van der Waals surface area (Å²) in [6.07, 6.45) is 4.55. The predicted octanol–water partition coefficient (Wildman–Crippen LogP) is 2.93. The molecule has 0 saturated carbocycles. The predicted molar refractivity (Wildman–Crippen MR) is 64.6 cm³/mol. The maximum absolute atomic E-state index is 10.5. The summed E-state index contributed by atoms with van der Waals surface area (Å²) in [4.78, 5) is 10.5. The molecule has 1 aromatic carbocycles. The molecule has 0 aliphatic carbocycles. The van der Waals surface area contributed by atoms with Gasteiger partial charge in [-0.25, -0.2) is 4.79 Å². The molecule has 1 N–H and O–H groups in total. The number of aromatic nitrogens is 1. The molecule has 0 saturated heterocycles. The number of carbonyl (C=O) groups is 1. The zero-order valence-electron chi connectivity index (χ0n) is 8.64. The summed E-state index contributed by atoms with van der Waals surface area (Å²) in [5, 5.41) is 10.2. The van der Waals surface area contributed by atoms with Gasteiger partial charge in [-0.05, 0) is 12.1 Å². The number of benzene rings is 1. The van der Waals surface area contributed by atoms with Crippen LogP contribution in [0.3, 0.4) is 0 Å². The third kappa shape index (κ3) is 1.82. The third-order valence-corrected chi connectivity index (χ3v) is 2.69. The second-order valence-corrected chi connectivity index (χ2v) is 3.91. The van der Waals surface area contributed by atoms with Crippen LogP contribution in [-0.4, -0.2) is 15.6 Å². The highest BCUT2D eigenvalue weighted by Crippen LogP contribution is 2.27. The van der Waals surface area contributed by atoms with E-state index in [4.69, 9.17) is 16.7 Å². The van der Waals surface area contributed by atoms with Crippen molar-refractivity contribution in [1.82, 2.24) is 4.57 Å². The van der Waals surface area contributed by atoms with Crippen LogP contribution in [0.25, 0.3) is 17.0 Å². The van der Waals surface area contributed by atoms with Gasteiger partial charge in [-0.15, -0.1) is 0 Å². The molecule has 0 spiro atoms. The van der Waals surface area contributed by atoms with Crippen molar-refractivity contribution >= 4 is 34.5 Å². The minimum Gasteiger partial charge on any atom is -0.478 e. The molecule has 3 nitrogen and oxygen atoms in total. The Hall–Kier alpha value is -1.74. The molecule has 0 atom stereocenters. The molecule has 0 amide bonds. The molecule has 16 heavy (non-hydrogen) atoms. The maximum atomic E-state index is 10.5. The molecule has 0 radical (unpaired) electrons. The van der Waals surface area contributed by atoms with E-state index in [0.717, 1.165) is 22.5 Å². The van der Waals surface area contributed by atoms with Gasteiger partial charge in [0.15, 0.2) is 0 Å². The molecule has 2 aromatic rings. The van der Waals surface area contributed by atoms with E-state index in [1.54, 1.807) is 6.08 Å². The highest BCUT2D eigenvalue weighted by Gasteiger charge is 2.07. The average Bonchev–Trinajstić information content (AvgIpc) is 2.54. The number of aryl methyl sites for hydroxylation is 1. The molecule has 4 heteroatoms. The number of hydrogen-bond donors (Lipinski definition) is 1. The third-order valence-electron chi connectivity index (χ3n) is 2.39. The summed E-state index contributed by atoms with van der Waals surface area (Å²) in [5.41, 5.74) is 1.76. The van der Waals surface area contributed by atoms with E-state index in [0.29, 0.717) is 5.02 Å². The SMILES string of the molecule is Cn1cc(/C=C/C(=O)O)c2cccc(Cl)c21. The van der Waals surface area contributed by atoms with Gasteiger partial charge >= 0.3 is 5.97 Å². The summed E-state index contributed by atoms with van der Waals surface area (Å²) in [7, 11) is 1.88. The summed E-state index contributed by atoms with van der Waals surface area (Å²) >= 11 is 6.08. The summed E-state index contributed by atoms with van der Waals surface area (Å²) in [6, 6.07) is 5.58. The Morgan fingerprint density at radius 3 is 2.94 bits per heavy atom. The number of carboxylic acid groups (broad SMARTS) is 1. The molecule has 0 aliphatic rings. The second-order valence-electron chi connectivity index (χ2n) is 3.50. The second kappa shape index (κ2) is 4.02. The molecule has 0 aliphatic heterocycles. The standard InChI is InChI=1S/C12H10ClNO2/c1-14-7-8(5-6-11(15)16)9-3-2-4-10(13)12(9)14/h2-7H,1H3,(H,15,16)/b6-5+. The lowest BCUT2D eigenvalue weighted by Gasteiger charge is -1.97. The van der Waals surface area contributed by atoms with Gasteiger partial charge in [0.1, 0.15) is 0 Å². The van der Waals surface area contributed by atoms with Crippen LogP contribution in [-0.2, 0) is 11.8 Å². The number of nitrogens with zero attached hydrogens (tertiary/aromatic N) is 1. The highest BCUT2D eigenvalue weighted by molar-refractivity contribution is 6.35. The van der Waals surface area contributed by atoms with Crippen LogP contribution in [0.2, 0.25) is 5.02 Å². The van der Waals surface area contributed by atoms with Crippen LogP contribution in [0.15, 0.2) is 30.5 Å². The van der Waals surface area contributed by atoms with Crippen molar-refractivity contribution in [2.75, 3.05) is 0 Å². The molecule has 1 heterocycles. The molecule has 0 bridgehead atoms. The van der Waals surface area contributed by atoms with E-state index in [2.05, 4.69) is 0 Å². The van der Waals surface area contributed by atoms with Gasteiger partial charge < -0.3 is 9.67 Å². The van der Waals surface area contributed by atoms with E-state index in [-0.39, 0.29) is 0 Å². The molecule has 0 unspecified atom stereocenters. The van der Waals surface area contributed by atoms with Gasteiger partial charge in [-0.3, -0.25) is 0 Å². The van der Waals surface area contributed by atoms with Crippen LogP contribution in [0.4, 0.5) is 0 Å². The first kappa shape index (κ1) is 10.8. The number of rotatable bonds is 2. The first-order valence-electron chi connectivity index (χ1n) is 4.74. The first-order chi connectivity index (χ1) is 7.59. The fourth-order valence-corrected chi connectivity index (χ4v) is 2.05. The van der Waals surface area contributed by atoms with E-state index in [1.807, 2.05) is 36.0 Å². The van der Waals surface area contributed by atoms with E-state index in [1.165, 1.54) is 0 Å². The smallest absolute Gasteiger partial charge is 0.328 e. The van der Waals surface area contributed by atoms with Crippen molar-refractivity contribution in [3.05, 3.63) is 41.1 Å². The molecular weight excluding hydrogens is 226 g/mol. The number of halogens is 1. The lowest BCUT2D eigenvalue weighted by molar-refractivity contribution is -0.131. The Labute approximate surface area is 97.6 Å². The minimum atomic E-state index is -0.959. The van der Waals surface area contributed by atoms with Crippen LogP contribution in [0.5, 0.6) is 0 Å². The van der Waals surface area contributed by atoms with Crippen LogP contribution in [0, 0.1) is 0 Å². The minimum absolute atomic E-state index is 0.662. The number of carboxylic acids is 1. The van der Waals surface area contributed by atoms with Gasteiger partial charge in [-0.2, -0.15) is 0 Å². The Morgan fingerprint density at radius 2 is 2.25 bits per heavy atom. The summed E-state index contributed by atoms with van der Waals surface area (Å²) in [6.45, 7) is 0. The van der Waals surface area contributed by atoms with E-state index >= 15 is 0 Å². The van der Waals surface area contributed by atoms with Crippen molar-refractivity contribution in [1.29, 1.82) is 0 Å². The number of hydrogen-bond acceptors (Lipinski definition) is 1. The topological polar surface area (TPSA) is 42.2 Å². The van der Waals surface area contributed by atoms with Crippen molar-refractivity contribution in [2.45, 2.75) is 0 Å². The number of fused-ring (bicyclic) bond motifs is 1. The average molecular weight is 236 g/mol. The zero-order valence-corrected chi connectivity index (χ0v) is 9.40. The normalized spacial score (nSPS) is 11.4. The molecule has 1 aromatic heterocycles. The Kier molecular flexibility index (Phi) is 2.71. The van der Waals surface area contributed by atoms with E-state index in [9.17, 15) is 4.79 Å². The van der Waals surface area contributed by atoms with Crippen LogP contribution in [0.1, 0.15) is 5.56 Å². The van der Waals surface area contributed by atoms with Crippen molar-refractivity contribution < 1.29 is 9.90 Å². The van der Waals surface area contributed by atoms with Gasteiger partial charge in [0.2, 0.25) is 0 Å². The zero-order chi connectivity index (χ0) is 11.7. The number of para-hydroxylation sites is 1. The van der Waals surface area contributed by atoms with E-state index < -0.39 is 5.97 Å². The Bertz CT molecular complexity index is 584. The summed E-state index contributed by atoms with van der Waals surface area (Å²) in [5.74, 6) is -0.959. The quantitative estimate of drug-likeness (QED) is 0.814.